The molecule has 0 radical (unpaired) electrons. The maximum absolute atomic E-state index is 5.87. The SMILES string of the molecule is CCC(N)C(C)CCCCN. The van der Waals surface area contributed by atoms with Crippen LogP contribution in [-0.2, 0) is 0 Å². The highest BCUT2D eigenvalue weighted by atomic mass is 14.6. The summed E-state index contributed by atoms with van der Waals surface area (Å²) in [6, 6.07) is 0.382. The Labute approximate surface area is 70.3 Å². The van der Waals surface area contributed by atoms with E-state index in [1.807, 2.05) is 0 Å². The van der Waals surface area contributed by atoms with E-state index in [9.17, 15) is 0 Å². The maximum Gasteiger partial charge on any atom is 0.00619 e. The molecule has 0 bridgehead atoms. The highest BCUT2D eigenvalue weighted by molar-refractivity contribution is 4.66. The fourth-order valence-corrected chi connectivity index (χ4v) is 1.23. The highest BCUT2D eigenvalue weighted by Gasteiger charge is 2.08. The Balaban J connectivity index is 3.28. The minimum absolute atomic E-state index is 0.382. The van der Waals surface area contributed by atoms with Crippen LogP contribution in [-0.4, -0.2) is 12.6 Å². The molecule has 0 heterocycles. The van der Waals surface area contributed by atoms with Gasteiger partial charge in [-0.3, -0.25) is 0 Å². The van der Waals surface area contributed by atoms with E-state index in [0.717, 1.165) is 19.4 Å². The summed E-state index contributed by atoms with van der Waals surface area (Å²) >= 11 is 0. The van der Waals surface area contributed by atoms with Crippen LogP contribution in [0.1, 0.15) is 39.5 Å². The first-order chi connectivity index (χ1) is 5.22. The summed E-state index contributed by atoms with van der Waals surface area (Å²) in [5.41, 5.74) is 11.3. The molecule has 0 aromatic rings. The maximum atomic E-state index is 5.87. The van der Waals surface area contributed by atoms with Crippen LogP contribution in [0.2, 0.25) is 0 Å². The smallest absolute Gasteiger partial charge is 0.00619 e. The van der Waals surface area contributed by atoms with Crippen LogP contribution in [0.5, 0.6) is 0 Å². The van der Waals surface area contributed by atoms with Crippen LogP contribution in [0, 0.1) is 5.92 Å². The second kappa shape index (κ2) is 6.62. The van der Waals surface area contributed by atoms with Gasteiger partial charge >= 0.3 is 0 Å². The summed E-state index contributed by atoms with van der Waals surface area (Å²) in [5, 5.41) is 0. The van der Waals surface area contributed by atoms with Crippen molar-refractivity contribution >= 4 is 0 Å². The molecule has 0 rings (SSSR count). The minimum atomic E-state index is 0.382. The molecule has 4 N–H and O–H groups in total. The highest BCUT2D eigenvalue weighted by Crippen LogP contribution is 2.12. The molecule has 0 aliphatic rings. The number of unbranched alkanes of at least 4 members (excludes halogenated alkanes) is 1. The molecule has 0 aliphatic carbocycles. The van der Waals surface area contributed by atoms with Gasteiger partial charge in [0.1, 0.15) is 0 Å². The molecule has 2 atom stereocenters. The average Bonchev–Trinajstić information content (AvgIpc) is 2.03. The number of rotatable bonds is 6. The van der Waals surface area contributed by atoms with Gasteiger partial charge in [0.25, 0.3) is 0 Å². The third kappa shape index (κ3) is 5.22. The van der Waals surface area contributed by atoms with Gasteiger partial charge in [0.05, 0.1) is 0 Å². The second-order valence-corrected chi connectivity index (χ2v) is 3.33. The number of hydrogen-bond donors (Lipinski definition) is 2. The lowest BCUT2D eigenvalue weighted by Crippen LogP contribution is -2.27. The first-order valence-electron chi connectivity index (χ1n) is 4.68. The van der Waals surface area contributed by atoms with Gasteiger partial charge in [0.15, 0.2) is 0 Å². The van der Waals surface area contributed by atoms with Crippen LogP contribution < -0.4 is 11.5 Å². The fourth-order valence-electron chi connectivity index (χ4n) is 1.23. The van der Waals surface area contributed by atoms with Gasteiger partial charge < -0.3 is 11.5 Å². The van der Waals surface area contributed by atoms with Crippen LogP contribution in [0.4, 0.5) is 0 Å². The zero-order chi connectivity index (χ0) is 8.69. The lowest BCUT2D eigenvalue weighted by Gasteiger charge is -2.17. The van der Waals surface area contributed by atoms with Crippen molar-refractivity contribution in [3.05, 3.63) is 0 Å². The van der Waals surface area contributed by atoms with E-state index in [1.54, 1.807) is 0 Å². The molecule has 0 saturated carbocycles. The second-order valence-electron chi connectivity index (χ2n) is 3.33. The van der Waals surface area contributed by atoms with Gasteiger partial charge in [-0.15, -0.1) is 0 Å². The van der Waals surface area contributed by atoms with Crippen molar-refractivity contribution in [3.8, 4) is 0 Å². The Hall–Kier alpha value is -0.0800. The topological polar surface area (TPSA) is 52.0 Å². The molecule has 0 amide bonds. The molecule has 68 valence electrons. The van der Waals surface area contributed by atoms with Crippen LogP contribution in [0.15, 0.2) is 0 Å². The molecule has 0 fully saturated rings. The molecule has 2 heteroatoms. The molecule has 0 saturated heterocycles. The van der Waals surface area contributed by atoms with Gasteiger partial charge in [-0.2, -0.15) is 0 Å². The van der Waals surface area contributed by atoms with E-state index in [4.69, 9.17) is 11.5 Å². The Morgan fingerprint density at radius 3 is 2.36 bits per heavy atom. The quantitative estimate of drug-likeness (QED) is 0.575. The molecule has 2 unspecified atom stereocenters. The summed E-state index contributed by atoms with van der Waals surface area (Å²) < 4.78 is 0. The lowest BCUT2D eigenvalue weighted by atomic mass is 9.95. The third-order valence-corrected chi connectivity index (χ3v) is 2.32. The van der Waals surface area contributed by atoms with E-state index < -0.39 is 0 Å². The van der Waals surface area contributed by atoms with Crippen LogP contribution in [0.25, 0.3) is 0 Å². The van der Waals surface area contributed by atoms with E-state index in [1.165, 1.54) is 12.8 Å². The Kier molecular flexibility index (Phi) is 6.57. The molecule has 0 aliphatic heterocycles. The monoisotopic (exact) mass is 158 g/mol. The minimum Gasteiger partial charge on any atom is -0.330 e. The van der Waals surface area contributed by atoms with Gasteiger partial charge in [0, 0.05) is 6.04 Å². The van der Waals surface area contributed by atoms with E-state index in [-0.39, 0.29) is 0 Å². The van der Waals surface area contributed by atoms with Crippen molar-refractivity contribution in [2.45, 2.75) is 45.6 Å². The van der Waals surface area contributed by atoms with Crippen molar-refractivity contribution < 1.29 is 0 Å². The van der Waals surface area contributed by atoms with Gasteiger partial charge in [-0.05, 0) is 31.7 Å². The molecule has 11 heavy (non-hydrogen) atoms. The Bertz CT molecular complexity index is 83.6. The summed E-state index contributed by atoms with van der Waals surface area (Å²) in [6.07, 6.45) is 4.68. The third-order valence-electron chi connectivity index (χ3n) is 2.32. The number of nitrogens with two attached hydrogens (primary N) is 2. The Morgan fingerprint density at radius 1 is 1.27 bits per heavy atom. The largest absolute Gasteiger partial charge is 0.330 e. The lowest BCUT2D eigenvalue weighted by molar-refractivity contribution is 0.402. The Morgan fingerprint density at radius 2 is 1.91 bits per heavy atom. The first kappa shape index (κ1) is 10.9. The van der Waals surface area contributed by atoms with Gasteiger partial charge in [-0.25, -0.2) is 0 Å². The molecule has 0 aromatic heterocycles. The van der Waals surface area contributed by atoms with E-state index >= 15 is 0 Å². The van der Waals surface area contributed by atoms with Crippen LogP contribution >= 0.6 is 0 Å². The van der Waals surface area contributed by atoms with Crippen molar-refractivity contribution in [2.75, 3.05) is 6.54 Å². The van der Waals surface area contributed by atoms with Crippen LogP contribution in [0.3, 0.4) is 0 Å². The fraction of sp³-hybridized carbons (Fsp3) is 1.00. The first-order valence-corrected chi connectivity index (χ1v) is 4.68. The standard InChI is InChI=1S/C9H22N2/c1-3-9(11)8(2)6-4-5-7-10/h8-9H,3-7,10-11H2,1-2H3. The van der Waals surface area contributed by atoms with Crippen molar-refractivity contribution in [2.24, 2.45) is 17.4 Å². The molecule has 0 aromatic carbocycles. The molecule has 2 nitrogen and oxygen atoms in total. The number of hydrogen-bond acceptors (Lipinski definition) is 2. The van der Waals surface area contributed by atoms with Gasteiger partial charge in [-0.1, -0.05) is 20.3 Å². The zero-order valence-electron chi connectivity index (χ0n) is 7.84. The zero-order valence-corrected chi connectivity index (χ0v) is 7.84. The van der Waals surface area contributed by atoms with Crippen molar-refractivity contribution in [1.82, 2.24) is 0 Å². The summed E-state index contributed by atoms with van der Waals surface area (Å²) in [5.74, 6) is 0.659. The van der Waals surface area contributed by atoms with Crippen molar-refractivity contribution in [1.29, 1.82) is 0 Å². The predicted molar refractivity (Wildman–Crippen MR) is 50.3 cm³/mol. The summed E-state index contributed by atoms with van der Waals surface area (Å²) in [6.45, 7) is 5.18. The van der Waals surface area contributed by atoms with E-state index in [0.29, 0.717) is 12.0 Å². The van der Waals surface area contributed by atoms with Gasteiger partial charge in [0.2, 0.25) is 0 Å². The molecular formula is C9H22N2. The summed E-state index contributed by atoms with van der Waals surface area (Å²) in [7, 11) is 0. The predicted octanol–water partition coefficient (Wildman–Crippen LogP) is 1.49. The normalized spacial score (nSPS) is 16.4. The molecule has 0 spiro atoms. The van der Waals surface area contributed by atoms with E-state index in [2.05, 4.69) is 13.8 Å². The average molecular weight is 158 g/mol. The van der Waals surface area contributed by atoms with Crippen molar-refractivity contribution in [3.63, 3.8) is 0 Å². The molecular weight excluding hydrogens is 136 g/mol. The summed E-state index contributed by atoms with van der Waals surface area (Å²) in [4.78, 5) is 0.